The highest BCUT2D eigenvalue weighted by Gasteiger charge is 2.15. The lowest BCUT2D eigenvalue weighted by Gasteiger charge is -2.11. The molecule has 1 amide bonds. The lowest BCUT2D eigenvalue weighted by molar-refractivity contribution is -0.111. The molecule has 0 bridgehead atoms. The number of rotatable bonds is 6. The van der Waals surface area contributed by atoms with Gasteiger partial charge >= 0.3 is 0 Å². The van der Waals surface area contributed by atoms with Gasteiger partial charge in [-0.2, -0.15) is 4.31 Å². The number of sulfonamides is 1. The van der Waals surface area contributed by atoms with Crippen LogP contribution in [0.3, 0.4) is 0 Å². The van der Waals surface area contributed by atoms with Crippen molar-refractivity contribution in [3.63, 3.8) is 0 Å². The number of benzene rings is 1. The van der Waals surface area contributed by atoms with E-state index in [0.29, 0.717) is 11.8 Å². The lowest BCUT2D eigenvalue weighted by atomic mass is 10.2. The Kier molecular flexibility index (Phi) is 5.88. The van der Waals surface area contributed by atoms with E-state index in [1.54, 1.807) is 0 Å². The second-order valence-corrected chi connectivity index (χ2v) is 7.46. The minimum atomic E-state index is -3.36. The van der Waals surface area contributed by atoms with Gasteiger partial charge in [-0.25, -0.2) is 21.6 Å². The number of nitrogens with zero attached hydrogens (tertiary/aromatic N) is 1. The Bertz CT molecular complexity index is 954. The zero-order valence-electron chi connectivity index (χ0n) is 13.8. The number of anilines is 1. The summed E-state index contributed by atoms with van der Waals surface area (Å²) in [5.41, 5.74) is -0.506. The van der Waals surface area contributed by atoms with Crippen molar-refractivity contribution >= 4 is 27.7 Å². The molecule has 26 heavy (non-hydrogen) atoms. The highest BCUT2D eigenvalue weighted by atomic mass is 32.2. The normalized spacial score (nSPS) is 12.1. The summed E-state index contributed by atoms with van der Waals surface area (Å²) < 4.78 is 68.5. The number of carbonyl (C=O) groups is 1. The third-order valence-electron chi connectivity index (χ3n) is 3.32. The van der Waals surface area contributed by atoms with E-state index < -0.39 is 39.1 Å². The quantitative estimate of drug-likeness (QED) is 0.610. The first kappa shape index (κ1) is 19.7. The molecular weight excluding hydrogens is 373 g/mol. The SMILES string of the molecule is CN(Cc1ccc(/C=C/C(=O)Nc2ccc(F)c(F)c2F)o1)S(C)(=O)=O. The van der Waals surface area contributed by atoms with Crippen LogP contribution in [0.1, 0.15) is 11.5 Å². The maximum Gasteiger partial charge on any atom is 0.248 e. The van der Waals surface area contributed by atoms with Crippen molar-refractivity contribution in [2.24, 2.45) is 0 Å². The molecule has 0 atom stereocenters. The fraction of sp³-hybridized carbons (Fsp3) is 0.188. The van der Waals surface area contributed by atoms with Crippen LogP contribution in [-0.2, 0) is 21.4 Å². The van der Waals surface area contributed by atoms with Crippen LogP contribution >= 0.6 is 0 Å². The van der Waals surface area contributed by atoms with Gasteiger partial charge in [0.1, 0.15) is 11.5 Å². The van der Waals surface area contributed by atoms with E-state index in [2.05, 4.69) is 5.32 Å². The van der Waals surface area contributed by atoms with Crippen molar-refractivity contribution in [2.75, 3.05) is 18.6 Å². The molecule has 10 heteroatoms. The summed E-state index contributed by atoms with van der Waals surface area (Å²) in [7, 11) is -1.98. The average Bonchev–Trinajstić information content (AvgIpc) is 3.00. The van der Waals surface area contributed by atoms with E-state index >= 15 is 0 Å². The van der Waals surface area contributed by atoms with E-state index in [4.69, 9.17) is 4.42 Å². The van der Waals surface area contributed by atoms with Crippen LogP contribution in [-0.4, -0.2) is 31.9 Å². The summed E-state index contributed by atoms with van der Waals surface area (Å²) in [5.74, 6) is -4.74. The molecule has 0 fully saturated rings. The Balaban J connectivity index is 2.02. The summed E-state index contributed by atoms with van der Waals surface area (Å²) in [6.07, 6.45) is 3.32. The first-order chi connectivity index (χ1) is 12.1. The molecule has 0 aliphatic carbocycles. The second kappa shape index (κ2) is 7.75. The standard InChI is InChI=1S/C16H15F3N2O4S/c1-21(26(2,23)24)9-11-4-3-10(25-11)5-8-14(22)20-13-7-6-12(17)15(18)16(13)19/h3-8H,9H2,1-2H3,(H,20,22)/b8-5+. The first-order valence-electron chi connectivity index (χ1n) is 7.20. The van der Waals surface area contributed by atoms with Crippen LogP contribution in [0.4, 0.5) is 18.9 Å². The smallest absolute Gasteiger partial charge is 0.248 e. The van der Waals surface area contributed by atoms with E-state index in [-0.39, 0.29) is 12.3 Å². The Morgan fingerprint density at radius 2 is 1.88 bits per heavy atom. The molecule has 0 aliphatic rings. The molecule has 0 unspecified atom stereocenters. The minimum absolute atomic E-state index is 0.0128. The predicted molar refractivity (Wildman–Crippen MR) is 89.0 cm³/mol. The maximum absolute atomic E-state index is 13.5. The van der Waals surface area contributed by atoms with Gasteiger partial charge in [-0.15, -0.1) is 0 Å². The Hall–Kier alpha value is -2.59. The highest BCUT2D eigenvalue weighted by Crippen LogP contribution is 2.19. The molecule has 2 rings (SSSR count). The van der Waals surface area contributed by atoms with Crippen LogP contribution in [0, 0.1) is 17.5 Å². The maximum atomic E-state index is 13.5. The zero-order chi connectivity index (χ0) is 19.5. The molecule has 0 saturated heterocycles. The molecule has 0 aliphatic heterocycles. The number of carbonyl (C=O) groups excluding carboxylic acids is 1. The summed E-state index contributed by atoms with van der Waals surface area (Å²) in [6, 6.07) is 4.63. The molecule has 1 N–H and O–H groups in total. The van der Waals surface area contributed by atoms with Crippen LogP contribution in [0.25, 0.3) is 6.08 Å². The molecule has 1 aromatic heterocycles. The summed E-state index contributed by atoms with van der Waals surface area (Å²) in [6.45, 7) is 0.0128. The van der Waals surface area contributed by atoms with E-state index in [0.717, 1.165) is 22.7 Å². The topological polar surface area (TPSA) is 79.6 Å². The summed E-state index contributed by atoms with van der Waals surface area (Å²) in [4.78, 5) is 11.7. The van der Waals surface area contributed by atoms with E-state index in [9.17, 15) is 26.4 Å². The lowest BCUT2D eigenvalue weighted by Crippen LogP contribution is -2.24. The highest BCUT2D eigenvalue weighted by molar-refractivity contribution is 7.88. The van der Waals surface area contributed by atoms with Gasteiger partial charge in [-0.05, 0) is 30.3 Å². The van der Waals surface area contributed by atoms with Crippen molar-refractivity contribution in [3.8, 4) is 0 Å². The fourth-order valence-corrected chi connectivity index (χ4v) is 2.22. The molecule has 6 nitrogen and oxygen atoms in total. The Labute approximate surface area is 148 Å². The van der Waals surface area contributed by atoms with Gasteiger partial charge in [-0.1, -0.05) is 0 Å². The number of hydrogen-bond donors (Lipinski definition) is 1. The van der Waals surface area contributed by atoms with Gasteiger partial charge in [0.15, 0.2) is 17.5 Å². The first-order valence-corrected chi connectivity index (χ1v) is 9.05. The van der Waals surface area contributed by atoms with Gasteiger partial charge in [0, 0.05) is 13.1 Å². The summed E-state index contributed by atoms with van der Waals surface area (Å²) in [5, 5.41) is 2.07. The zero-order valence-corrected chi connectivity index (χ0v) is 14.6. The van der Waals surface area contributed by atoms with Crippen LogP contribution in [0.5, 0.6) is 0 Å². The third kappa shape index (κ3) is 4.96. The number of amides is 1. The van der Waals surface area contributed by atoms with Crippen LogP contribution in [0.15, 0.2) is 34.8 Å². The number of nitrogens with one attached hydrogen (secondary N) is 1. The van der Waals surface area contributed by atoms with Gasteiger partial charge < -0.3 is 9.73 Å². The Morgan fingerprint density at radius 1 is 1.19 bits per heavy atom. The Morgan fingerprint density at radius 3 is 2.54 bits per heavy atom. The second-order valence-electron chi connectivity index (χ2n) is 5.37. The number of halogens is 3. The molecule has 0 radical (unpaired) electrons. The van der Waals surface area contributed by atoms with Gasteiger partial charge in [0.25, 0.3) is 0 Å². The van der Waals surface area contributed by atoms with Crippen molar-refractivity contribution in [1.29, 1.82) is 0 Å². The predicted octanol–water partition coefficient (Wildman–Crippen LogP) is 2.74. The minimum Gasteiger partial charge on any atom is -0.460 e. The molecule has 140 valence electrons. The van der Waals surface area contributed by atoms with Crippen molar-refractivity contribution in [2.45, 2.75) is 6.54 Å². The van der Waals surface area contributed by atoms with Crippen LogP contribution in [0.2, 0.25) is 0 Å². The van der Waals surface area contributed by atoms with E-state index in [1.807, 2.05) is 0 Å². The molecule has 1 aromatic carbocycles. The molecule has 0 spiro atoms. The van der Waals surface area contributed by atoms with Gasteiger partial charge in [-0.3, -0.25) is 4.79 Å². The molecular formula is C16H15F3N2O4S. The molecule has 0 saturated carbocycles. The van der Waals surface area contributed by atoms with E-state index in [1.165, 1.54) is 25.3 Å². The molecule has 1 heterocycles. The fourth-order valence-electron chi connectivity index (χ4n) is 1.86. The molecule has 2 aromatic rings. The van der Waals surface area contributed by atoms with Crippen LogP contribution < -0.4 is 5.32 Å². The van der Waals surface area contributed by atoms with Crippen molar-refractivity contribution in [3.05, 3.63) is 59.3 Å². The van der Waals surface area contributed by atoms with Crippen molar-refractivity contribution in [1.82, 2.24) is 4.31 Å². The monoisotopic (exact) mass is 388 g/mol. The average molecular weight is 388 g/mol. The van der Waals surface area contributed by atoms with Gasteiger partial charge in [0.2, 0.25) is 15.9 Å². The van der Waals surface area contributed by atoms with Crippen molar-refractivity contribution < 1.29 is 30.8 Å². The number of hydrogen-bond acceptors (Lipinski definition) is 4. The largest absolute Gasteiger partial charge is 0.460 e. The number of furan rings is 1. The van der Waals surface area contributed by atoms with Gasteiger partial charge in [0.05, 0.1) is 18.5 Å². The third-order valence-corrected chi connectivity index (χ3v) is 4.58. The summed E-state index contributed by atoms with van der Waals surface area (Å²) >= 11 is 0.